The first-order chi connectivity index (χ1) is 14.5. The molecule has 2 aromatic carbocycles. The lowest BCUT2D eigenvalue weighted by Crippen LogP contribution is -2.15. The molecule has 0 spiro atoms. The monoisotopic (exact) mass is 429 g/mol. The fraction of sp³-hybridized carbons (Fsp3) is 0.143. The zero-order valence-electron chi connectivity index (χ0n) is 16.1. The molecule has 0 aliphatic heterocycles. The van der Waals surface area contributed by atoms with Gasteiger partial charge < -0.3 is 14.8 Å². The van der Waals surface area contributed by atoms with E-state index >= 15 is 0 Å². The van der Waals surface area contributed by atoms with Crippen molar-refractivity contribution >= 4 is 27.9 Å². The van der Waals surface area contributed by atoms with Crippen LogP contribution in [0.4, 0.5) is 14.5 Å². The number of carbonyl (C=O) groups excluding carboxylic acids is 1. The normalized spacial score (nSPS) is 10.9. The fourth-order valence-corrected chi connectivity index (χ4v) is 3.91. The van der Waals surface area contributed by atoms with Gasteiger partial charge in [0.1, 0.15) is 0 Å². The highest BCUT2D eigenvalue weighted by molar-refractivity contribution is 7.15. The van der Waals surface area contributed by atoms with E-state index in [4.69, 9.17) is 9.47 Å². The molecule has 4 aromatic rings. The van der Waals surface area contributed by atoms with Gasteiger partial charge in [-0.25, -0.2) is 13.8 Å². The summed E-state index contributed by atoms with van der Waals surface area (Å²) in [7, 11) is 3.14. The molecule has 1 amide bonds. The lowest BCUT2D eigenvalue weighted by molar-refractivity contribution is -0.115. The van der Waals surface area contributed by atoms with Gasteiger partial charge in [-0.15, -0.1) is 11.3 Å². The minimum absolute atomic E-state index is 0.0563. The standard InChI is InChI=1S/C21H17F2N3O3S/c1-28-18-6-3-12(7-19(18)29-2)17-10-26-14(11-30-21(26)25-17)9-20(27)24-13-4-5-15(22)16(23)8-13/h3-8,10-11H,9H2,1-2H3,(H,24,27). The van der Waals surface area contributed by atoms with Crippen LogP contribution in [0.15, 0.2) is 48.0 Å². The van der Waals surface area contributed by atoms with Crippen molar-refractivity contribution in [2.45, 2.75) is 6.42 Å². The Kier molecular flexibility index (Phi) is 5.37. The third-order valence-corrected chi connectivity index (χ3v) is 5.40. The average molecular weight is 429 g/mol. The van der Waals surface area contributed by atoms with Gasteiger partial charge in [-0.05, 0) is 30.3 Å². The number of imidazole rings is 1. The molecule has 0 radical (unpaired) electrons. The van der Waals surface area contributed by atoms with Crippen LogP contribution in [-0.2, 0) is 11.2 Å². The second-order valence-corrected chi connectivity index (χ2v) is 7.27. The van der Waals surface area contributed by atoms with E-state index < -0.39 is 11.6 Å². The van der Waals surface area contributed by atoms with Crippen molar-refractivity contribution in [3.63, 3.8) is 0 Å². The summed E-state index contributed by atoms with van der Waals surface area (Å²) in [5, 5.41) is 4.41. The van der Waals surface area contributed by atoms with E-state index in [2.05, 4.69) is 10.3 Å². The number of carbonyl (C=O) groups is 1. The summed E-state index contributed by atoms with van der Waals surface area (Å²) >= 11 is 1.41. The van der Waals surface area contributed by atoms with Crippen LogP contribution in [0.2, 0.25) is 0 Å². The largest absolute Gasteiger partial charge is 0.493 e. The predicted octanol–water partition coefficient (Wildman–Crippen LogP) is 4.54. The Morgan fingerprint density at radius 1 is 1.10 bits per heavy atom. The molecule has 9 heteroatoms. The van der Waals surface area contributed by atoms with Crippen molar-refractivity contribution in [1.82, 2.24) is 9.38 Å². The number of rotatable bonds is 6. The third-order valence-electron chi connectivity index (χ3n) is 4.51. The zero-order valence-corrected chi connectivity index (χ0v) is 16.9. The molecule has 0 aliphatic rings. The maximum Gasteiger partial charge on any atom is 0.230 e. The molecule has 0 atom stereocenters. The summed E-state index contributed by atoms with van der Waals surface area (Å²) in [6.07, 6.45) is 1.90. The average Bonchev–Trinajstić information content (AvgIpc) is 3.32. The number of benzene rings is 2. The number of halogens is 2. The number of methoxy groups -OCH3 is 2. The molecule has 0 fully saturated rings. The molecule has 6 nitrogen and oxygen atoms in total. The van der Waals surface area contributed by atoms with Crippen molar-refractivity contribution in [2.24, 2.45) is 0 Å². The smallest absolute Gasteiger partial charge is 0.230 e. The number of aromatic nitrogens is 2. The SMILES string of the molecule is COc1ccc(-c2cn3c(CC(=O)Nc4ccc(F)c(F)c4)csc3n2)cc1OC. The number of fused-ring (bicyclic) bond motifs is 1. The molecule has 4 rings (SSSR count). The van der Waals surface area contributed by atoms with Crippen LogP contribution in [0.3, 0.4) is 0 Å². The fourth-order valence-electron chi connectivity index (χ4n) is 3.03. The van der Waals surface area contributed by atoms with Crippen molar-refractivity contribution in [3.8, 4) is 22.8 Å². The molecule has 0 unspecified atom stereocenters. The maximum absolute atomic E-state index is 13.3. The molecule has 0 bridgehead atoms. The van der Waals surface area contributed by atoms with Gasteiger partial charge in [0.2, 0.25) is 5.91 Å². The molecule has 0 aliphatic carbocycles. The number of amides is 1. The summed E-state index contributed by atoms with van der Waals surface area (Å²) in [6, 6.07) is 8.75. The van der Waals surface area contributed by atoms with Gasteiger partial charge in [0, 0.05) is 34.6 Å². The minimum Gasteiger partial charge on any atom is -0.493 e. The van der Waals surface area contributed by atoms with Crippen LogP contribution in [0.5, 0.6) is 11.5 Å². The highest BCUT2D eigenvalue weighted by Gasteiger charge is 2.15. The van der Waals surface area contributed by atoms with Crippen LogP contribution in [0, 0.1) is 11.6 Å². The summed E-state index contributed by atoms with van der Waals surface area (Å²) in [5.74, 6) is -1.11. The maximum atomic E-state index is 13.3. The van der Waals surface area contributed by atoms with E-state index in [1.807, 2.05) is 28.1 Å². The number of hydrogen-bond donors (Lipinski definition) is 1. The predicted molar refractivity (Wildman–Crippen MR) is 110 cm³/mol. The van der Waals surface area contributed by atoms with Crippen LogP contribution in [-0.4, -0.2) is 29.5 Å². The number of nitrogens with one attached hydrogen (secondary N) is 1. The lowest BCUT2D eigenvalue weighted by Gasteiger charge is -2.08. The van der Waals surface area contributed by atoms with Gasteiger partial charge in [-0.3, -0.25) is 9.20 Å². The molecule has 0 saturated heterocycles. The zero-order chi connectivity index (χ0) is 21.3. The Balaban J connectivity index is 1.56. The van der Waals surface area contributed by atoms with Crippen LogP contribution >= 0.6 is 11.3 Å². The summed E-state index contributed by atoms with van der Waals surface area (Å²) in [6.45, 7) is 0. The van der Waals surface area contributed by atoms with Gasteiger partial charge in [0.05, 0.1) is 26.3 Å². The Hall–Kier alpha value is -3.46. The van der Waals surface area contributed by atoms with Crippen LogP contribution < -0.4 is 14.8 Å². The number of ether oxygens (including phenoxy) is 2. The number of thiazole rings is 1. The van der Waals surface area contributed by atoms with E-state index in [0.29, 0.717) is 11.5 Å². The molecule has 30 heavy (non-hydrogen) atoms. The molecule has 154 valence electrons. The Labute approximate surface area is 174 Å². The Bertz CT molecular complexity index is 1240. The number of hydrogen-bond acceptors (Lipinski definition) is 5. The van der Waals surface area contributed by atoms with Crippen molar-refractivity contribution in [3.05, 3.63) is 65.3 Å². The van der Waals surface area contributed by atoms with Gasteiger partial charge in [0.15, 0.2) is 28.1 Å². The van der Waals surface area contributed by atoms with E-state index in [0.717, 1.165) is 34.0 Å². The first-order valence-electron chi connectivity index (χ1n) is 8.91. The first-order valence-corrected chi connectivity index (χ1v) is 9.79. The van der Waals surface area contributed by atoms with E-state index in [1.165, 1.54) is 17.4 Å². The summed E-state index contributed by atoms with van der Waals surface area (Å²) < 4.78 is 38.8. The topological polar surface area (TPSA) is 64.9 Å². The van der Waals surface area contributed by atoms with Crippen molar-refractivity contribution in [1.29, 1.82) is 0 Å². The highest BCUT2D eigenvalue weighted by Crippen LogP contribution is 2.32. The van der Waals surface area contributed by atoms with E-state index in [-0.39, 0.29) is 18.0 Å². The number of anilines is 1. The van der Waals surface area contributed by atoms with Gasteiger partial charge >= 0.3 is 0 Å². The third kappa shape index (κ3) is 3.84. The van der Waals surface area contributed by atoms with Crippen molar-refractivity contribution in [2.75, 3.05) is 19.5 Å². The highest BCUT2D eigenvalue weighted by atomic mass is 32.1. The Morgan fingerprint density at radius 3 is 2.63 bits per heavy atom. The molecular formula is C21H17F2N3O3S. The van der Waals surface area contributed by atoms with Gasteiger partial charge in [0.25, 0.3) is 0 Å². The van der Waals surface area contributed by atoms with Crippen LogP contribution in [0.25, 0.3) is 16.2 Å². The summed E-state index contributed by atoms with van der Waals surface area (Å²) in [5.41, 5.74) is 2.50. The van der Waals surface area contributed by atoms with Crippen molar-refractivity contribution < 1.29 is 23.0 Å². The lowest BCUT2D eigenvalue weighted by atomic mass is 10.1. The molecule has 1 N–H and O–H groups in total. The molecular weight excluding hydrogens is 412 g/mol. The van der Waals surface area contributed by atoms with Gasteiger partial charge in [-0.1, -0.05) is 0 Å². The molecule has 2 aromatic heterocycles. The second kappa shape index (κ2) is 8.11. The molecule has 2 heterocycles. The quantitative estimate of drug-likeness (QED) is 0.489. The molecule has 0 saturated carbocycles. The van der Waals surface area contributed by atoms with E-state index in [9.17, 15) is 13.6 Å². The van der Waals surface area contributed by atoms with Gasteiger partial charge in [-0.2, -0.15) is 0 Å². The first kappa shape index (κ1) is 19.8. The summed E-state index contributed by atoms with van der Waals surface area (Å²) in [4.78, 5) is 17.7. The Morgan fingerprint density at radius 2 is 1.90 bits per heavy atom. The van der Waals surface area contributed by atoms with Crippen LogP contribution in [0.1, 0.15) is 5.69 Å². The van der Waals surface area contributed by atoms with E-state index in [1.54, 1.807) is 20.3 Å². The second-order valence-electron chi connectivity index (χ2n) is 6.43. The minimum atomic E-state index is -1.01. The number of nitrogens with zero attached hydrogens (tertiary/aromatic N) is 2.